The highest BCUT2D eigenvalue weighted by molar-refractivity contribution is 5.91. The van der Waals surface area contributed by atoms with E-state index in [1.54, 1.807) is 19.3 Å². The molecule has 2 N–H and O–H groups in total. The van der Waals surface area contributed by atoms with Crippen molar-refractivity contribution >= 4 is 12.1 Å². The normalized spacial score (nSPS) is 13.6. The van der Waals surface area contributed by atoms with Gasteiger partial charge in [0, 0.05) is 19.3 Å². The summed E-state index contributed by atoms with van der Waals surface area (Å²) in [5, 5.41) is 5.81. The van der Waals surface area contributed by atoms with E-state index in [2.05, 4.69) is 34.5 Å². The van der Waals surface area contributed by atoms with Gasteiger partial charge in [0.05, 0.1) is 6.17 Å². The van der Waals surface area contributed by atoms with Crippen LogP contribution >= 0.6 is 0 Å². The predicted octanol–water partition coefficient (Wildman–Crippen LogP) is 0.637. The zero-order valence-corrected chi connectivity index (χ0v) is 11.9. The average molecular weight is 254 g/mol. The molecule has 0 spiro atoms. The van der Waals surface area contributed by atoms with Crippen molar-refractivity contribution in [1.82, 2.24) is 15.5 Å². The molecule has 0 radical (unpaired) electrons. The first-order valence-corrected chi connectivity index (χ1v) is 6.43. The molecule has 0 aromatic rings. The van der Waals surface area contributed by atoms with Crippen molar-refractivity contribution in [2.75, 3.05) is 33.7 Å². The van der Waals surface area contributed by atoms with Crippen molar-refractivity contribution in [3.63, 3.8) is 0 Å². The second-order valence-corrected chi connectivity index (χ2v) is 4.15. The first-order valence-electron chi connectivity index (χ1n) is 6.43. The van der Waals surface area contributed by atoms with Crippen LogP contribution in [-0.4, -0.2) is 56.9 Å². The molecule has 0 fully saturated rings. The monoisotopic (exact) mass is 254 g/mol. The smallest absolute Gasteiger partial charge is 0.243 e. The van der Waals surface area contributed by atoms with Gasteiger partial charge in [-0.1, -0.05) is 6.92 Å². The molecule has 18 heavy (non-hydrogen) atoms. The maximum Gasteiger partial charge on any atom is 0.243 e. The minimum atomic E-state index is -0.121. The maximum atomic E-state index is 10.9. The van der Waals surface area contributed by atoms with Crippen molar-refractivity contribution in [2.24, 2.45) is 4.99 Å². The Bertz CT molecular complexity index is 276. The van der Waals surface area contributed by atoms with Gasteiger partial charge in [-0.3, -0.25) is 15.1 Å². The molecule has 5 nitrogen and oxygen atoms in total. The number of aliphatic imine (C=N–C) groups is 1. The van der Waals surface area contributed by atoms with Crippen molar-refractivity contribution in [3.8, 4) is 0 Å². The summed E-state index contributed by atoms with van der Waals surface area (Å²) >= 11 is 0. The first kappa shape index (κ1) is 16.8. The van der Waals surface area contributed by atoms with E-state index < -0.39 is 0 Å². The molecule has 1 atom stereocenters. The predicted molar refractivity (Wildman–Crippen MR) is 77.0 cm³/mol. The summed E-state index contributed by atoms with van der Waals surface area (Å²) in [6, 6.07) is 0. The number of carbonyl (C=O) groups excluding carboxylic acids is 1. The van der Waals surface area contributed by atoms with E-state index in [0.29, 0.717) is 0 Å². The van der Waals surface area contributed by atoms with E-state index in [9.17, 15) is 4.79 Å². The number of nitrogens with one attached hydrogen (secondary N) is 2. The fourth-order valence-corrected chi connectivity index (χ4v) is 1.26. The molecule has 0 bridgehead atoms. The summed E-state index contributed by atoms with van der Waals surface area (Å²) in [7, 11) is 3.71. The molecule has 0 aliphatic heterocycles. The Labute approximate surface area is 110 Å². The zero-order chi connectivity index (χ0) is 13.8. The molecule has 5 heteroatoms. The Balaban J connectivity index is 3.64. The highest BCUT2D eigenvalue weighted by Gasteiger charge is 1.97. The van der Waals surface area contributed by atoms with Gasteiger partial charge in [-0.05, 0) is 46.1 Å². The molecule has 0 aliphatic carbocycles. The minimum Gasteiger partial charge on any atom is -0.356 e. The number of nitrogens with zero attached hydrogens (tertiary/aromatic N) is 2. The second-order valence-electron chi connectivity index (χ2n) is 4.15. The van der Waals surface area contributed by atoms with Crippen LogP contribution in [0.3, 0.4) is 0 Å². The Kier molecular flexibility index (Phi) is 10.2. The SMILES string of the molecule is CCN(C)CCCNC(C)N=C/C=C/C(=O)NC. The molecule has 0 heterocycles. The molecule has 0 saturated heterocycles. The number of carbonyl (C=O) groups is 1. The molecule has 0 saturated carbocycles. The van der Waals surface area contributed by atoms with Crippen molar-refractivity contribution in [2.45, 2.75) is 26.4 Å². The van der Waals surface area contributed by atoms with Crippen molar-refractivity contribution in [3.05, 3.63) is 12.2 Å². The van der Waals surface area contributed by atoms with Gasteiger partial charge in [-0.25, -0.2) is 0 Å². The zero-order valence-electron chi connectivity index (χ0n) is 11.9. The number of rotatable bonds is 9. The van der Waals surface area contributed by atoms with Crippen LogP contribution in [0.1, 0.15) is 20.3 Å². The summed E-state index contributed by atoms with van der Waals surface area (Å²) < 4.78 is 0. The number of hydrogen-bond donors (Lipinski definition) is 2. The van der Waals surface area contributed by atoms with E-state index in [-0.39, 0.29) is 12.1 Å². The molecule has 0 rings (SSSR count). The Morgan fingerprint density at radius 2 is 2.22 bits per heavy atom. The largest absolute Gasteiger partial charge is 0.356 e. The van der Waals surface area contributed by atoms with E-state index in [0.717, 1.165) is 26.1 Å². The van der Waals surface area contributed by atoms with Crippen LogP contribution < -0.4 is 10.6 Å². The summed E-state index contributed by atoms with van der Waals surface area (Å²) in [6.45, 7) is 7.27. The van der Waals surface area contributed by atoms with Gasteiger partial charge < -0.3 is 10.2 Å². The third kappa shape index (κ3) is 9.99. The number of likely N-dealkylation sites (N-methyl/N-ethyl adjacent to an activating group) is 1. The van der Waals surface area contributed by atoms with Gasteiger partial charge in [-0.15, -0.1) is 0 Å². The highest BCUT2D eigenvalue weighted by Crippen LogP contribution is 1.88. The Hall–Kier alpha value is -1.20. The third-order valence-electron chi connectivity index (χ3n) is 2.59. The van der Waals surface area contributed by atoms with Crippen LogP contribution in [0.15, 0.2) is 17.1 Å². The molecule has 1 amide bonds. The van der Waals surface area contributed by atoms with Gasteiger partial charge in [0.15, 0.2) is 0 Å². The maximum absolute atomic E-state index is 10.9. The molecular weight excluding hydrogens is 228 g/mol. The second kappa shape index (κ2) is 10.9. The van der Waals surface area contributed by atoms with Crippen LogP contribution in [0, 0.1) is 0 Å². The van der Waals surface area contributed by atoms with Gasteiger partial charge in [0.25, 0.3) is 0 Å². The van der Waals surface area contributed by atoms with Crippen LogP contribution in [0.2, 0.25) is 0 Å². The van der Waals surface area contributed by atoms with Crippen LogP contribution in [-0.2, 0) is 4.79 Å². The Morgan fingerprint density at radius 1 is 1.50 bits per heavy atom. The lowest BCUT2D eigenvalue weighted by Crippen LogP contribution is -2.28. The van der Waals surface area contributed by atoms with Gasteiger partial charge in [0.1, 0.15) is 0 Å². The van der Waals surface area contributed by atoms with Crippen molar-refractivity contribution in [1.29, 1.82) is 0 Å². The lowest BCUT2D eigenvalue weighted by Gasteiger charge is -2.14. The lowest BCUT2D eigenvalue weighted by molar-refractivity contribution is -0.116. The van der Waals surface area contributed by atoms with Crippen LogP contribution in [0.4, 0.5) is 0 Å². The standard InChI is InChI=1S/C13H26N4O/c1-5-17(4)11-7-10-16-12(2)15-9-6-8-13(18)14-3/h6,8-9,12,16H,5,7,10-11H2,1-4H3,(H,14,18)/b8-6+,15-9?. The van der Waals surface area contributed by atoms with Gasteiger partial charge in [0.2, 0.25) is 5.91 Å². The Morgan fingerprint density at radius 3 is 2.83 bits per heavy atom. The molecule has 1 unspecified atom stereocenters. The lowest BCUT2D eigenvalue weighted by atomic mass is 10.4. The van der Waals surface area contributed by atoms with Crippen molar-refractivity contribution < 1.29 is 4.79 Å². The van der Waals surface area contributed by atoms with Gasteiger partial charge in [-0.2, -0.15) is 0 Å². The fourth-order valence-electron chi connectivity index (χ4n) is 1.26. The first-order chi connectivity index (χ1) is 8.60. The average Bonchev–Trinajstić information content (AvgIpc) is 2.38. The molecule has 0 aliphatic rings. The number of amides is 1. The number of allylic oxidation sites excluding steroid dienone is 1. The minimum absolute atomic E-state index is 0.0753. The summed E-state index contributed by atoms with van der Waals surface area (Å²) in [5.74, 6) is -0.121. The quantitative estimate of drug-likeness (QED) is 0.361. The van der Waals surface area contributed by atoms with Gasteiger partial charge >= 0.3 is 0 Å². The van der Waals surface area contributed by atoms with E-state index in [1.807, 2.05) is 6.92 Å². The highest BCUT2D eigenvalue weighted by atomic mass is 16.1. The van der Waals surface area contributed by atoms with E-state index in [1.165, 1.54) is 6.08 Å². The fraction of sp³-hybridized carbons (Fsp3) is 0.692. The topological polar surface area (TPSA) is 56.7 Å². The van der Waals surface area contributed by atoms with E-state index >= 15 is 0 Å². The molecule has 0 aromatic heterocycles. The summed E-state index contributed by atoms with van der Waals surface area (Å²) in [4.78, 5) is 17.4. The van der Waals surface area contributed by atoms with Crippen LogP contribution in [0.5, 0.6) is 0 Å². The molecular formula is C13H26N4O. The summed E-state index contributed by atoms with van der Waals surface area (Å²) in [5.41, 5.74) is 0. The molecule has 0 aromatic carbocycles. The molecule has 104 valence electrons. The summed E-state index contributed by atoms with van der Waals surface area (Å²) in [6.07, 6.45) is 5.92. The van der Waals surface area contributed by atoms with Crippen LogP contribution in [0.25, 0.3) is 0 Å². The third-order valence-corrected chi connectivity index (χ3v) is 2.59. The van der Waals surface area contributed by atoms with E-state index in [4.69, 9.17) is 0 Å². The number of hydrogen-bond acceptors (Lipinski definition) is 4.